The molecule has 1 atom stereocenters. The molecular formula is C16H23N5O2. The van der Waals surface area contributed by atoms with E-state index < -0.39 is 0 Å². The summed E-state index contributed by atoms with van der Waals surface area (Å²) < 4.78 is 7.22. The molecule has 1 fully saturated rings. The number of imidazole rings is 1. The number of hydrogen-bond donors (Lipinski definition) is 0. The second kappa shape index (κ2) is 6.93. The van der Waals surface area contributed by atoms with E-state index >= 15 is 0 Å². The lowest BCUT2D eigenvalue weighted by Crippen LogP contribution is -2.39. The SMILES string of the molecule is CC(C)c1nc([C@@H]2CCCN(C(=O)CCn3ccnc3)C2)no1. The first kappa shape index (κ1) is 15.7. The van der Waals surface area contributed by atoms with Gasteiger partial charge in [0.15, 0.2) is 5.82 Å². The first-order valence-electron chi connectivity index (χ1n) is 8.20. The van der Waals surface area contributed by atoms with Crippen LogP contribution in [-0.2, 0) is 11.3 Å². The van der Waals surface area contributed by atoms with E-state index in [1.54, 1.807) is 12.5 Å². The van der Waals surface area contributed by atoms with Crippen molar-refractivity contribution < 1.29 is 9.32 Å². The van der Waals surface area contributed by atoms with Crippen molar-refractivity contribution in [1.29, 1.82) is 0 Å². The number of aromatic nitrogens is 4. The Hall–Kier alpha value is -2.18. The normalized spacial score (nSPS) is 18.6. The van der Waals surface area contributed by atoms with Gasteiger partial charge in [0.1, 0.15) is 0 Å². The van der Waals surface area contributed by atoms with Gasteiger partial charge in [-0.2, -0.15) is 4.98 Å². The molecule has 1 amide bonds. The van der Waals surface area contributed by atoms with E-state index in [9.17, 15) is 4.79 Å². The van der Waals surface area contributed by atoms with Crippen LogP contribution in [0.4, 0.5) is 0 Å². The molecule has 1 saturated heterocycles. The molecule has 124 valence electrons. The third-order valence-electron chi connectivity index (χ3n) is 4.23. The molecule has 2 aromatic heterocycles. The molecule has 0 N–H and O–H groups in total. The Balaban J connectivity index is 1.57. The summed E-state index contributed by atoms with van der Waals surface area (Å²) in [6, 6.07) is 0. The van der Waals surface area contributed by atoms with Crippen molar-refractivity contribution in [3.8, 4) is 0 Å². The molecule has 0 aliphatic carbocycles. The van der Waals surface area contributed by atoms with Crippen molar-refractivity contribution in [2.45, 2.75) is 51.5 Å². The molecule has 1 aliphatic rings. The van der Waals surface area contributed by atoms with Crippen LogP contribution in [-0.4, -0.2) is 43.6 Å². The number of carbonyl (C=O) groups excluding carboxylic acids is 1. The van der Waals surface area contributed by atoms with E-state index in [1.807, 2.05) is 29.5 Å². The molecule has 0 unspecified atom stereocenters. The lowest BCUT2D eigenvalue weighted by atomic mass is 9.97. The standard InChI is InChI=1S/C16H23N5O2/c1-12(2)16-18-15(19-23-16)13-4-3-7-21(10-13)14(22)5-8-20-9-6-17-11-20/h6,9,11-13H,3-5,7-8,10H2,1-2H3/t13-/m1/s1. The number of nitrogens with zero attached hydrogens (tertiary/aromatic N) is 5. The van der Waals surface area contributed by atoms with Gasteiger partial charge in [-0.15, -0.1) is 0 Å². The number of carbonyl (C=O) groups is 1. The van der Waals surface area contributed by atoms with Crippen LogP contribution in [0.1, 0.15) is 56.7 Å². The highest BCUT2D eigenvalue weighted by atomic mass is 16.5. The van der Waals surface area contributed by atoms with Crippen molar-refractivity contribution >= 4 is 5.91 Å². The molecule has 0 bridgehead atoms. The number of rotatable bonds is 5. The molecule has 1 aliphatic heterocycles. The lowest BCUT2D eigenvalue weighted by Gasteiger charge is -2.31. The average molecular weight is 317 g/mol. The van der Waals surface area contributed by atoms with Crippen LogP contribution in [0.5, 0.6) is 0 Å². The van der Waals surface area contributed by atoms with Crippen molar-refractivity contribution in [3.05, 3.63) is 30.4 Å². The minimum Gasteiger partial charge on any atom is -0.342 e. The summed E-state index contributed by atoms with van der Waals surface area (Å²) in [4.78, 5) is 22.8. The quantitative estimate of drug-likeness (QED) is 0.845. The lowest BCUT2D eigenvalue weighted by molar-refractivity contribution is -0.132. The fourth-order valence-electron chi connectivity index (χ4n) is 2.86. The summed E-state index contributed by atoms with van der Waals surface area (Å²) in [5.41, 5.74) is 0. The predicted octanol–water partition coefficient (Wildman–Crippen LogP) is 2.19. The Morgan fingerprint density at radius 2 is 2.35 bits per heavy atom. The summed E-state index contributed by atoms with van der Waals surface area (Å²) >= 11 is 0. The van der Waals surface area contributed by atoms with Gasteiger partial charge < -0.3 is 14.0 Å². The van der Waals surface area contributed by atoms with E-state index in [4.69, 9.17) is 4.52 Å². The zero-order chi connectivity index (χ0) is 16.2. The van der Waals surface area contributed by atoms with Crippen LogP contribution in [0.25, 0.3) is 0 Å². The maximum absolute atomic E-state index is 12.4. The molecule has 23 heavy (non-hydrogen) atoms. The average Bonchev–Trinajstić information content (AvgIpc) is 3.24. The Kier molecular flexibility index (Phi) is 4.73. The molecule has 3 heterocycles. The van der Waals surface area contributed by atoms with Gasteiger partial charge in [-0.05, 0) is 12.8 Å². The highest BCUT2D eigenvalue weighted by Gasteiger charge is 2.28. The molecular weight excluding hydrogens is 294 g/mol. The van der Waals surface area contributed by atoms with Crippen molar-refractivity contribution in [1.82, 2.24) is 24.6 Å². The Morgan fingerprint density at radius 1 is 1.48 bits per heavy atom. The van der Waals surface area contributed by atoms with Gasteiger partial charge in [0, 0.05) is 50.3 Å². The zero-order valence-electron chi connectivity index (χ0n) is 13.7. The Labute approximate surface area is 135 Å². The minimum absolute atomic E-state index is 0.177. The third kappa shape index (κ3) is 3.78. The second-order valence-corrected chi connectivity index (χ2v) is 6.37. The Bertz CT molecular complexity index is 635. The van der Waals surface area contributed by atoms with Gasteiger partial charge >= 0.3 is 0 Å². The number of hydrogen-bond acceptors (Lipinski definition) is 5. The molecule has 0 radical (unpaired) electrons. The van der Waals surface area contributed by atoms with E-state index in [1.165, 1.54) is 0 Å². The first-order chi connectivity index (χ1) is 11.1. The largest absolute Gasteiger partial charge is 0.342 e. The van der Waals surface area contributed by atoms with Gasteiger partial charge in [-0.25, -0.2) is 4.98 Å². The fraction of sp³-hybridized carbons (Fsp3) is 0.625. The van der Waals surface area contributed by atoms with Crippen LogP contribution in [0, 0.1) is 0 Å². The molecule has 0 aromatic carbocycles. The van der Waals surface area contributed by atoms with Gasteiger partial charge in [-0.1, -0.05) is 19.0 Å². The summed E-state index contributed by atoms with van der Waals surface area (Å²) in [5.74, 6) is 1.99. The first-order valence-corrected chi connectivity index (χ1v) is 8.20. The van der Waals surface area contributed by atoms with E-state index in [0.29, 0.717) is 25.4 Å². The van der Waals surface area contributed by atoms with E-state index in [-0.39, 0.29) is 17.7 Å². The van der Waals surface area contributed by atoms with Crippen molar-refractivity contribution in [2.24, 2.45) is 0 Å². The van der Waals surface area contributed by atoms with Gasteiger partial charge in [0.05, 0.1) is 6.33 Å². The zero-order valence-corrected chi connectivity index (χ0v) is 13.7. The number of amides is 1. The topological polar surface area (TPSA) is 77.1 Å². The third-order valence-corrected chi connectivity index (χ3v) is 4.23. The molecule has 7 nitrogen and oxygen atoms in total. The second-order valence-electron chi connectivity index (χ2n) is 6.37. The molecule has 3 rings (SSSR count). The van der Waals surface area contributed by atoms with Gasteiger partial charge in [0.25, 0.3) is 0 Å². The number of aryl methyl sites for hydroxylation is 1. The van der Waals surface area contributed by atoms with Crippen molar-refractivity contribution in [3.63, 3.8) is 0 Å². The summed E-state index contributed by atoms with van der Waals surface area (Å²) in [6.07, 6.45) is 7.81. The Morgan fingerprint density at radius 3 is 3.04 bits per heavy atom. The van der Waals surface area contributed by atoms with Crippen molar-refractivity contribution in [2.75, 3.05) is 13.1 Å². The number of piperidine rings is 1. The van der Waals surface area contributed by atoms with Crippen LogP contribution >= 0.6 is 0 Å². The maximum Gasteiger partial charge on any atom is 0.229 e. The summed E-state index contributed by atoms with van der Waals surface area (Å²) in [7, 11) is 0. The van der Waals surface area contributed by atoms with Gasteiger partial charge in [0.2, 0.25) is 11.8 Å². The number of likely N-dealkylation sites (tertiary alicyclic amines) is 1. The predicted molar refractivity (Wildman–Crippen MR) is 83.8 cm³/mol. The van der Waals surface area contributed by atoms with Crippen LogP contribution in [0.2, 0.25) is 0 Å². The fourth-order valence-corrected chi connectivity index (χ4v) is 2.86. The maximum atomic E-state index is 12.4. The van der Waals surface area contributed by atoms with E-state index in [2.05, 4.69) is 15.1 Å². The monoisotopic (exact) mass is 317 g/mol. The summed E-state index contributed by atoms with van der Waals surface area (Å²) in [6.45, 7) is 6.22. The summed E-state index contributed by atoms with van der Waals surface area (Å²) in [5, 5.41) is 4.11. The highest BCUT2D eigenvalue weighted by Crippen LogP contribution is 2.26. The van der Waals surface area contributed by atoms with Crippen LogP contribution in [0.15, 0.2) is 23.2 Å². The smallest absolute Gasteiger partial charge is 0.229 e. The molecule has 0 spiro atoms. The van der Waals surface area contributed by atoms with E-state index in [0.717, 1.165) is 25.2 Å². The molecule has 0 saturated carbocycles. The molecule has 7 heteroatoms. The van der Waals surface area contributed by atoms with Crippen LogP contribution < -0.4 is 0 Å². The van der Waals surface area contributed by atoms with Gasteiger partial charge in [-0.3, -0.25) is 4.79 Å². The van der Waals surface area contributed by atoms with Crippen LogP contribution in [0.3, 0.4) is 0 Å². The molecule has 2 aromatic rings. The minimum atomic E-state index is 0.177. The highest BCUT2D eigenvalue weighted by molar-refractivity contribution is 5.76.